The maximum atomic E-state index is 4.90. The van der Waals surface area contributed by atoms with Crippen molar-refractivity contribution in [2.45, 2.75) is 6.92 Å². The smallest absolute Gasteiger partial charge is 0.0973 e. The molecule has 2 heterocycles. The molecule has 2 aromatic heterocycles. The van der Waals surface area contributed by atoms with Crippen molar-refractivity contribution in [1.82, 2.24) is 9.97 Å². The number of hydrogen-bond donors (Lipinski definition) is 0. The van der Waals surface area contributed by atoms with Crippen molar-refractivity contribution in [3.63, 3.8) is 0 Å². The summed E-state index contributed by atoms with van der Waals surface area (Å²) in [6.07, 6.45) is 0. The molecule has 2 nitrogen and oxygen atoms in total. The lowest BCUT2D eigenvalue weighted by Gasteiger charge is -2.10. The lowest BCUT2D eigenvalue weighted by atomic mass is 9.97. The van der Waals surface area contributed by atoms with Gasteiger partial charge in [-0.3, -0.25) is 0 Å². The van der Waals surface area contributed by atoms with Crippen LogP contribution in [0.15, 0.2) is 65.4 Å². The summed E-state index contributed by atoms with van der Waals surface area (Å²) >= 11 is 1.72. The van der Waals surface area contributed by atoms with E-state index in [1.807, 2.05) is 24.3 Å². The number of aromatic nitrogens is 2. The minimum absolute atomic E-state index is 0.938. The molecule has 24 heavy (non-hydrogen) atoms. The summed E-state index contributed by atoms with van der Waals surface area (Å²) in [7, 11) is 0. The van der Waals surface area contributed by atoms with Gasteiger partial charge in [-0.1, -0.05) is 35.9 Å². The van der Waals surface area contributed by atoms with Crippen molar-refractivity contribution in [3.05, 3.63) is 70.9 Å². The molecule has 0 bridgehead atoms. The predicted molar refractivity (Wildman–Crippen MR) is 103 cm³/mol. The average molecular weight is 326 g/mol. The molecule has 5 rings (SSSR count). The van der Waals surface area contributed by atoms with E-state index in [-0.39, 0.29) is 0 Å². The summed E-state index contributed by atoms with van der Waals surface area (Å²) in [6, 6.07) is 19.0. The summed E-state index contributed by atoms with van der Waals surface area (Å²) in [5.41, 5.74) is 7.53. The van der Waals surface area contributed by atoms with E-state index in [2.05, 4.69) is 48.0 Å². The summed E-state index contributed by atoms with van der Waals surface area (Å²) in [4.78, 5) is 9.76. The monoisotopic (exact) mass is 326 g/mol. The number of para-hydroxylation sites is 2. The Labute approximate surface area is 143 Å². The zero-order valence-electron chi connectivity index (χ0n) is 13.2. The third-order valence-electron chi connectivity index (χ3n) is 4.43. The van der Waals surface area contributed by atoms with Gasteiger partial charge < -0.3 is 0 Å². The first-order valence-corrected chi connectivity index (χ1v) is 8.86. The largest absolute Gasteiger partial charge is 0.244 e. The van der Waals surface area contributed by atoms with E-state index in [1.54, 1.807) is 11.3 Å². The molecule has 0 N–H and O–H groups in total. The van der Waals surface area contributed by atoms with E-state index >= 15 is 0 Å². The van der Waals surface area contributed by atoms with Crippen molar-refractivity contribution in [3.8, 4) is 11.1 Å². The Hall–Kier alpha value is -2.78. The Morgan fingerprint density at radius 3 is 2.42 bits per heavy atom. The minimum Gasteiger partial charge on any atom is -0.244 e. The van der Waals surface area contributed by atoms with E-state index in [4.69, 9.17) is 9.97 Å². The maximum absolute atomic E-state index is 4.90. The highest BCUT2D eigenvalue weighted by atomic mass is 32.1. The first-order valence-electron chi connectivity index (χ1n) is 7.92. The Morgan fingerprint density at radius 2 is 1.62 bits per heavy atom. The zero-order valence-corrected chi connectivity index (χ0v) is 14.0. The molecule has 0 unspecified atom stereocenters. The third kappa shape index (κ3) is 2.02. The van der Waals surface area contributed by atoms with Gasteiger partial charge in [0, 0.05) is 5.39 Å². The van der Waals surface area contributed by atoms with Crippen LogP contribution >= 0.6 is 11.3 Å². The molecule has 0 aliphatic heterocycles. The molecule has 0 fully saturated rings. The first kappa shape index (κ1) is 13.6. The van der Waals surface area contributed by atoms with Crippen LogP contribution in [0, 0.1) is 6.92 Å². The van der Waals surface area contributed by atoms with Gasteiger partial charge in [0.1, 0.15) is 0 Å². The normalized spacial score (nSPS) is 11.5. The van der Waals surface area contributed by atoms with Crippen molar-refractivity contribution >= 4 is 44.2 Å². The Morgan fingerprint density at radius 1 is 0.792 bits per heavy atom. The standard InChI is InChI=1S/C21H14N2S/c1-13-6-7-15-17(10-13)16(14-8-9-24-12-14)11-20-21(15)23-19-5-3-2-4-18(19)22-20/h2-12H,1H3. The number of rotatable bonds is 1. The van der Waals surface area contributed by atoms with Crippen molar-refractivity contribution < 1.29 is 0 Å². The lowest BCUT2D eigenvalue weighted by molar-refractivity contribution is 1.40. The topological polar surface area (TPSA) is 25.8 Å². The molecule has 0 amide bonds. The van der Waals surface area contributed by atoms with Crippen LogP contribution in [0.2, 0.25) is 0 Å². The minimum atomic E-state index is 0.938. The molecule has 3 aromatic carbocycles. The number of thiophene rings is 1. The van der Waals surface area contributed by atoms with E-state index < -0.39 is 0 Å². The van der Waals surface area contributed by atoms with E-state index in [9.17, 15) is 0 Å². The Kier molecular flexibility index (Phi) is 2.91. The molecule has 5 aromatic rings. The van der Waals surface area contributed by atoms with Gasteiger partial charge in [0.05, 0.1) is 22.1 Å². The van der Waals surface area contributed by atoms with Crippen molar-refractivity contribution in [2.75, 3.05) is 0 Å². The highest BCUT2D eigenvalue weighted by molar-refractivity contribution is 7.08. The van der Waals surface area contributed by atoms with Gasteiger partial charge in [-0.15, -0.1) is 0 Å². The van der Waals surface area contributed by atoms with Crippen LogP contribution < -0.4 is 0 Å². The summed E-state index contributed by atoms with van der Waals surface area (Å²) in [6.45, 7) is 2.13. The average Bonchev–Trinajstić information content (AvgIpc) is 3.13. The summed E-state index contributed by atoms with van der Waals surface area (Å²) in [5, 5.41) is 6.72. The van der Waals surface area contributed by atoms with Crippen LogP contribution in [0.3, 0.4) is 0 Å². The number of aryl methyl sites for hydroxylation is 1. The molecule has 0 saturated heterocycles. The van der Waals surface area contributed by atoms with Crippen LogP contribution in [0.5, 0.6) is 0 Å². The van der Waals surface area contributed by atoms with Gasteiger partial charge in [-0.2, -0.15) is 11.3 Å². The number of fused-ring (bicyclic) bond motifs is 4. The Balaban J connectivity index is 2.00. The van der Waals surface area contributed by atoms with Gasteiger partial charge in [-0.05, 0) is 58.5 Å². The fraction of sp³-hybridized carbons (Fsp3) is 0.0476. The number of benzene rings is 3. The summed E-state index contributed by atoms with van der Waals surface area (Å²) in [5.74, 6) is 0. The molecular formula is C21H14N2S. The molecule has 0 spiro atoms. The van der Waals surface area contributed by atoms with Crippen molar-refractivity contribution in [2.24, 2.45) is 0 Å². The molecule has 0 aliphatic carbocycles. The fourth-order valence-corrected chi connectivity index (χ4v) is 3.93. The van der Waals surface area contributed by atoms with E-state index in [0.29, 0.717) is 0 Å². The molecule has 0 saturated carbocycles. The second-order valence-electron chi connectivity index (χ2n) is 6.07. The summed E-state index contributed by atoms with van der Waals surface area (Å²) < 4.78 is 0. The molecule has 3 heteroatoms. The zero-order chi connectivity index (χ0) is 16.1. The maximum Gasteiger partial charge on any atom is 0.0973 e. The highest BCUT2D eigenvalue weighted by Crippen LogP contribution is 2.35. The number of hydrogen-bond acceptors (Lipinski definition) is 3. The molecule has 0 radical (unpaired) electrons. The van der Waals surface area contributed by atoms with Gasteiger partial charge >= 0.3 is 0 Å². The van der Waals surface area contributed by atoms with Gasteiger partial charge in [0.15, 0.2) is 0 Å². The van der Waals surface area contributed by atoms with E-state index in [1.165, 1.54) is 22.1 Å². The Bertz CT molecular complexity index is 1210. The molecular weight excluding hydrogens is 312 g/mol. The molecule has 114 valence electrons. The number of nitrogens with zero attached hydrogens (tertiary/aromatic N) is 2. The van der Waals surface area contributed by atoms with Crippen LogP contribution in [0.1, 0.15) is 5.56 Å². The van der Waals surface area contributed by atoms with Crippen LogP contribution in [0.4, 0.5) is 0 Å². The third-order valence-corrected chi connectivity index (χ3v) is 5.11. The predicted octanol–water partition coefficient (Wildman–Crippen LogP) is 5.97. The quantitative estimate of drug-likeness (QED) is 0.280. The fourth-order valence-electron chi connectivity index (χ4n) is 3.27. The lowest BCUT2D eigenvalue weighted by Crippen LogP contribution is -1.91. The first-order chi connectivity index (χ1) is 11.8. The second kappa shape index (κ2) is 5.11. The SMILES string of the molecule is Cc1ccc2c(c1)c(-c1ccsc1)cc1nc3ccccc3nc12. The van der Waals surface area contributed by atoms with Crippen LogP contribution in [0.25, 0.3) is 44.0 Å². The highest BCUT2D eigenvalue weighted by Gasteiger charge is 2.12. The van der Waals surface area contributed by atoms with Gasteiger partial charge in [0.25, 0.3) is 0 Å². The van der Waals surface area contributed by atoms with Crippen LogP contribution in [-0.2, 0) is 0 Å². The molecule has 0 aliphatic rings. The molecule has 0 atom stereocenters. The van der Waals surface area contributed by atoms with Gasteiger partial charge in [0.2, 0.25) is 0 Å². The van der Waals surface area contributed by atoms with Crippen molar-refractivity contribution in [1.29, 1.82) is 0 Å². The van der Waals surface area contributed by atoms with E-state index in [0.717, 1.165) is 27.5 Å². The van der Waals surface area contributed by atoms with Crippen LogP contribution in [-0.4, -0.2) is 9.97 Å². The van der Waals surface area contributed by atoms with Gasteiger partial charge in [-0.25, -0.2) is 9.97 Å². The second-order valence-corrected chi connectivity index (χ2v) is 6.85.